The van der Waals surface area contributed by atoms with Crippen molar-refractivity contribution >= 4 is 39.9 Å². The summed E-state index contributed by atoms with van der Waals surface area (Å²) < 4.78 is 0. The second-order valence-electron chi connectivity index (χ2n) is 3.83. The molecule has 2 N–H and O–H groups in total. The average Bonchev–Trinajstić information content (AvgIpc) is 2.90. The zero-order chi connectivity index (χ0) is 12.3. The number of carbonyl (C=O) groups is 1. The van der Waals surface area contributed by atoms with Crippen LogP contribution in [0.15, 0.2) is 10.5 Å². The first-order valence-corrected chi connectivity index (χ1v) is 6.68. The van der Waals surface area contributed by atoms with E-state index in [1.807, 2.05) is 0 Å². The molecule has 1 aliphatic rings. The maximum absolute atomic E-state index is 11.3. The number of thiol groups is 1. The highest BCUT2D eigenvalue weighted by Crippen LogP contribution is 2.21. The van der Waals surface area contributed by atoms with Crippen LogP contribution in [0.25, 0.3) is 0 Å². The molecule has 0 spiro atoms. The topological polar surface area (TPSA) is 77.6 Å². The van der Waals surface area contributed by atoms with Crippen LogP contribution in [0.4, 0.5) is 5.13 Å². The van der Waals surface area contributed by atoms with E-state index in [2.05, 4.69) is 22.8 Å². The highest BCUT2D eigenvalue weighted by atomic mass is 32.1. The molecule has 0 bridgehead atoms. The molecule has 7 heteroatoms. The van der Waals surface area contributed by atoms with Crippen molar-refractivity contribution in [2.75, 3.05) is 5.73 Å². The van der Waals surface area contributed by atoms with Gasteiger partial charge in [-0.1, -0.05) is 17.8 Å². The van der Waals surface area contributed by atoms with Crippen molar-refractivity contribution < 1.29 is 9.63 Å². The Morgan fingerprint density at radius 3 is 2.82 bits per heavy atom. The molecule has 1 aromatic heterocycles. The molecule has 1 saturated carbocycles. The number of anilines is 1. The summed E-state index contributed by atoms with van der Waals surface area (Å²) in [7, 11) is 0. The van der Waals surface area contributed by atoms with Gasteiger partial charge in [0.05, 0.1) is 0 Å². The van der Waals surface area contributed by atoms with Gasteiger partial charge >= 0.3 is 0 Å². The highest BCUT2D eigenvalue weighted by molar-refractivity contribution is 7.99. The summed E-state index contributed by atoms with van der Waals surface area (Å²) in [5.74, 6) is 0. The molecule has 0 saturated heterocycles. The van der Waals surface area contributed by atoms with Gasteiger partial charge in [-0.15, -0.1) is 11.3 Å². The third-order valence-electron chi connectivity index (χ3n) is 2.56. The van der Waals surface area contributed by atoms with Gasteiger partial charge in [0.25, 0.3) is 0 Å². The molecule has 2 rings (SSSR count). The molecule has 0 atom stereocenters. The second kappa shape index (κ2) is 5.50. The maximum atomic E-state index is 11.3. The zero-order valence-corrected chi connectivity index (χ0v) is 10.8. The van der Waals surface area contributed by atoms with Crippen LogP contribution in [0.3, 0.4) is 0 Å². The Morgan fingerprint density at radius 2 is 2.29 bits per heavy atom. The number of nitrogens with zero attached hydrogens (tertiary/aromatic N) is 2. The number of aromatic nitrogens is 1. The summed E-state index contributed by atoms with van der Waals surface area (Å²) >= 11 is 5.02. The van der Waals surface area contributed by atoms with Gasteiger partial charge in [0.1, 0.15) is 11.8 Å². The Bertz CT molecular complexity index is 439. The zero-order valence-electron chi connectivity index (χ0n) is 9.13. The van der Waals surface area contributed by atoms with Crippen LogP contribution < -0.4 is 5.73 Å². The number of hydrogen-bond donors (Lipinski definition) is 2. The van der Waals surface area contributed by atoms with Crippen molar-refractivity contribution in [2.24, 2.45) is 5.16 Å². The van der Waals surface area contributed by atoms with Crippen LogP contribution in [0.2, 0.25) is 0 Å². The molecule has 0 aromatic carbocycles. The molecular formula is C10H13N3O2S2. The first-order valence-electron chi connectivity index (χ1n) is 5.35. The fraction of sp³-hybridized carbons (Fsp3) is 0.500. The fourth-order valence-corrected chi connectivity index (χ4v) is 2.42. The van der Waals surface area contributed by atoms with Crippen LogP contribution >= 0.6 is 24.0 Å². The Morgan fingerprint density at radius 1 is 1.59 bits per heavy atom. The summed E-state index contributed by atoms with van der Waals surface area (Å²) in [6, 6.07) is 0. The van der Waals surface area contributed by atoms with Crippen LogP contribution in [0, 0.1) is 0 Å². The minimum atomic E-state index is -0.465. The number of nitrogen functional groups attached to an aromatic ring is 1. The van der Waals surface area contributed by atoms with E-state index in [0.717, 1.165) is 25.7 Å². The number of oxime groups is 1. The van der Waals surface area contributed by atoms with Gasteiger partial charge in [0, 0.05) is 5.38 Å². The van der Waals surface area contributed by atoms with E-state index in [1.165, 1.54) is 11.3 Å². The Kier molecular flexibility index (Phi) is 4.01. The highest BCUT2D eigenvalue weighted by Gasteiger charge is 2.19. The van der Waals surface area contributed by atoms with Crippen molar-refractivity contribution in [1.29, 1.82) is 0 Å². The normalized spacial score (nSPS) is 17.4. The predicted octanol–water partition coefficient (Wildman–Crippen LogP) is 1.84. The van der Waals surface area contributed by atoms with E-state index in [9.17, 15) is 4.79 Å². The quantitative estimate of drug-likeness (QED) is 0.497. The Balaban J connectivity index is 2.11. The molecule has 1 heterocycles. The van der Waals surface area contributed by atoms with Gasteiger partial charge in [0.2, 0.25) is 5.12 Å². The second-order valence-corrected chi connectivity index (χ2v) is 5.12. The lowest BCUT2D eigenvalue weighted by Gasteiger charge is -2.07. The number of thiazole rings is 1. The lowest BCUT2D eigenvalue weighted by molar-refractivity contribution is -0.105. The van der Waals surface area contributed by atoms with Crippen molar-refractivity contribution in [3.63, 3.8) is 0 Å². The lowest BCUT2D eigenvalue weighted by Crippen LogP contribution is -2.13. The number of rotatable bonds is 4. The smallest absolute Gasteiger partial charge is 0.240 e. The van der Waals surface area contributed by atoms with E-state index >= 15 is 0 Å². The number of carbonyl (C=O) groups excluding carboxylic acids is 1. The van der Waals surface area contributed by atoms with Gasteiger partial charge in [-0.25, -0.2) is 4.98 Å². The summed E-state index contributed by atoms with van der Waals surface area (Å²) in [5.41, 5.74) is 6.05. The minimum absolute atomic E-state index is 0.105. The third kappa shape index (κ3) is 3.19. The van der Waals surface area contributed by atoms with Gasteiger partial charge in [0.15, 0.2) is 10.8 Å². The monoisotopic (exact) mass is 271 g/mol. The maximum Gasteiger partial charge on any atom is 0.240 e. The fourth-order valence-electron chi connectivity index (χ4n) is 1.71. The third-order valence-corrected chi connectivity index (χ3v) is 3.45. The largest absolute Gasteiger partial charge is 0.392 e. The first-order chi connectivity index (χ1) is 8.16. The van der Waals surface area contributed by atoms with E-state index in [1.54, 1.807) is 5.38 Å². The van der Waals surface area contributed by atoms with Crippen molar-refractivity contribution in [2.45, 2.75) is 31.8 Å². The summed E-state index contributed by atoms with van der Waals surface area (Å²) in [5, 5.41) is 5.46. The molecule has 1 aliphatic carbocycles. The molecular weight excluding hydrogens is 258 g/mol. The molecule has 92 valence electrons. The van der Waals surface area contributed by atoms with Crippen LogP contribution in [-0.4, -0.2) is 21.9 Å². The molecule has 0 radical (unpaired) electrons. The van der Waals surface area contributed by atoms with Crippen molar-refractivity contribution in [3.8, 4) is 0 Å². The van der Waals surface area contributed by atoms with E-state index in [-0.39, 0.29) is 11.8 Å². The lowest BCUT2D eigenvalue weighted by atomic mass is 10.3. The molecule has 0 aliphatic heterocycles. The van der Waals surface area contributed by atoms with Gasteiger partial charge in [-0.2, -0.15) is 0 Å². The standard InChI is InChI=1S/C10H13N3O2S2/c11-10-12-7(5-17-10)8(9(14)16)13-15-6-3-1-2-4-6/h5-6H,1-4H2,(H2,11,12)(H,14,16)/b13-8-. The summed E-state index contributed by atoms with van der Waals surface area (Å²) in [6.45, 7) is 0. The average molecular weight is 271 g/mol. The number of nitrogens with two attached hydrogens (primary N) is 1. The van der Waals surface area contributed by atoms with Crippen molar-refractivity contribution in [1.82, 2.24) is 4.98 Å². The van der Waals surface area contributed by atoms with E-state index in [4.69, 9.17) is 10.6 Å². The van der Waals surface area contributed by atoms with Crippen LogP contribution in [0.1, 0.15) is 31.4 Å². The Labute approximate surface area is 108 Å². The predicted molar refractivity (Wildman–Crippen MR) is 70.4 cm³/mol. The van der Waals surface area contributed by atoms with Gasteiger partial charge in [-0.05, 0) is 25.7 Å². The first kappa shape index (κ1) is 12.4. The molecule has 1 aromatic rings. The van der Waals surface area contributed by atoms with Gasteiger partial charge in [-0.3, -0.25) is 4.79 Å². The van der Waals surface area contributed by atoms with Crippen LogP contribution in [-0.2, 0) is 9.63 Å². The molecule has 5 nitrogen and oxygen atoms in total. The molecule has 1 fully saturated rings. The summed E-state index contributed by atoms with van der Waals surface area (Å²) in [4.78, 5) is 20.7. The minimum Gasteiger partial charge on any atom is -0.392 e. The van der Waals surface area contributed by atoms with Gasteiger partial charge < -0.3 is 10.6 Å². The van der Waals surface area contributed by atoms with E-state index in [0.29, 0.717) is 10.8 Å². The SMILES string of the molecule is Nc1nc(/C(=N/OC2CCCC2)C(=O)S)cs1. The van der Waals surface area contributed by atoms with Crippen molar-refractivity contribution in [3.05, 3.63) is 11.1 Å². The van der Waals surface area contributed by atoms with Crippen LogP contribution in [0.5, 0.6) is 0 Å². The molecule has 0 amide bonds. The number of hydrogen-bond acceptors (Lipinski definition) is 6. The summed E-state index contributed by atoms with van der Waals surface area (Å²) in [6.07, 6.45) is 4.36. The Hall–Kier alpha value is -1.08. The van der Waals surface area contributed by atoms with E-state index < -0.39 is 5.12 Å². The molecule has 17 heavy (non-hydrogen) atoms. The molecule has 0 unspecified atom stereocenters.